The molecular weight excluding hydrogens is 182 g/mol. The zero-order valence-electron chi connectivity index (χ0n) is 8.14. The fourth-order valence-electron chi connectivity index (χ4n) is 1.01. The van der Waals surface area contributed by atoms with Gasteiger partial charge in [-0.3, -0.25) is 0 Å². The predicted octanol–water partition coefficient (Wildman–Crippen LogP) is 0.466. The van der Waals surface area contributed by atoms with E-state index < -0.39 is 6.03 Å². The van der Waals surface area contributed by atoms with E-state index in [9.17, 15) is 4.79 Å². The van der Waals surface area contributed by atoms with E-state index in [-0.39, 0.29) is 0 Å². The number of hydrogen-bond acceptors (Lipinski definition) is 3. The number of aromatic nitrogens is 2. The fourth-order valence-corrected chi connectivity index (χ4v) is 1.01. The largest absolute Gasteiger partial charge is 0.350 e. The number of nitrogens with one attached hydrogen (secondary N) is 1. The Labute approximate surface area is 81.8 Å². The number of hydrazone groups is 1. The lowest BCUT2D eigenvalue weighted by atomic mass is 10.3. The normalized spacial score (nSPS) is 11.1. The van der Waals surface area contributed by atoms with Crippen LogP contribution >= 0.6 is 0 Å². The standard InChI is InChI=1S/C8H13N5O/c1-6(2)13-5-10-3-7(13)4-11-12-8(9)14/h3-6H,1-2H3,(H3,9,12,14)/b11-4+. The molecule has 1 heterocycles. The van der Waals surface area contributed by atoms with Crippen molar-refractivity contribution in [2.75, 3.05) is 0 Å². The molecule has 0 unspecified atom stereocenters. The summed E-state index contributed by atoms with van der Waals surface area (Å²) in [5, 5.41) is 3.65. The van der Waals surface area contributed by atoms with E-state index in [1.807, 2.05) is 18.4 Å². The number of hydrogen-bond donors (Lipinski definition) is 2. The molecule has 3 N–H and O–H groups in total. The summed E-state index contributed by atoms with van der Waals surface area (Å²) in [6.45, 7) is 4.06. The smallest absolute Gasteiger partial charge is 0.332 e. The lowest BCUT2D eigenvalue weighted by Gasteiger charge is -2.07. The van der Waals surface area contributed by atoms with E-state index in [1.54, 1.807) is 12.5 Å². The third-order valence-corrected chi connectivity index (χ3v) is 1.62. The SMILES string of the molecule is CC(C)n1cncc1/C=N/NC(N)=O. The van der Waals surface area contributed by atoms with Gasteiger partial charge < -0.3 is 10.3 Å². The molecule has 0 saturated heterocycles. The minimum atomic E-state index is -0.683. The number of primary amides is 1. The third kappa shape index (κ3) is 2.58. The number of amides is 2. The molecule has 0 fully saturated rings. The summed E-state index contributed by atoms with van der Waals surface area (Å²) in [7, 11) is 0. The Bertz CT molecular complexity index is 341. The van der Waals surface area contributed by atoms with Crippen LogP contribution in [0, 0.1) is 0 Å². The Hall–Kier alpha value is -1.85. The van der Waals surface area contributed by atoms with Crippen molar-refractivity contribution >= 4 is 12.2 Å². The molecule has 0 aliphatic heterocycles. The Morgan fingerprint density at radius 3 is 3.07 bits per heavy atom. The van der Waals surface area contributed by atoms with E-state index in [2.05, 4.69) is 15.5 Å². The maximum atomic E-state index is 10.3. The maximum Gasteiger partial charge on any atom is 0.332 e. The van der Waals surface area contributed by atoms with Crippen LogP contribution in [0.4, 0.5) is 4.79 Å². The molecule has 6 nitrogen and oxygen atoms in total. The Morgan fingerprint density at radius 1 is 1.79 bits per heavy atom. The zero-order valence-corrected chi connectivity index (χ0v) is 8.14. The summed E-state index contributed by atoms with van der Waals surface area (Å²) in [6.07, 6.45) is 4.86. The average molecular weight is 195 g/mol. The van der Waals surface area contributed by atoms with E-state index in [0.717, 1.165) is 5.69 Å². The topological polar surface area (TPSA) is 85.3 Å². The summed E-state index contributed by atoms with van der Waals surface area (Å²) in [5.74, 6) is 0. The molecule has 1 rings (SSSR count). The number of imidazole rings is 1. The first kappa shape index (κ1) is 10.2. The van der Waals surface area contributed by atoms with Crippen molar-refractivity contribution < 1.29 is 4.79 Å². The molecule has 0 aliphatic rings. The molecule has 0 aliphatic carbocycles. The highest BCUT2D eigenvalue weighted by atomic mass is 16.2. The Morgan fingerprint density at radius 2 is 2.50 bits per heavy atom. The van der Waals surface area contributed by atoms with Crippen molar-refractivity contribution in [3.05, 3.63) is 18.2 Å². The molecule has 0 saturated carbocycles. The lowest BCUT2D eigenvalue weighted by Crippen LogP contribution is -2.24. The number of nitrogens with zero attached hydrogens (tertiary/aromatic N) is 3. The zero-order chi connectivity index (χ0) is 10.6. The van der Waals surface area contributed by atoms with Crippen LogP contribution in [0.15, 0.2) is 17.6 Å². The van der Waals surface area contributed by atoms with Gasteiger partial charge in [0.15, 0.2) is 0 Å². The van der Waals surface area contributed by atoms with Crippen molar-refractivity contribution in [2.45, 2.75) is 19.9 Å². The monoisotopic (exact) mass is 195 g/mol. The van der Waals surface area contributed by atoms with Crippen molar-refractivity contribution in [3.63, 3.8) is 0 Å². The molecule has 76 valence electrons. The van der Waals surface area contributed by atoms with Crippen molar-refractivity contribution in [1.82, 2.24) is 15.0 Å². The van der Waals surface area contributed by atoms with Gasteiger partial charge in [0.1, 0.15) is 0 Å². The van der Waals surface area contributed by atoms with Gasteiger partial charge in [-0.2, -0.15) is 5.10 Å². The van der Waals surface area contributed by atoms with E-state index in [0.29, 0.717) is 6.04 Å². The summed E-state index contributed by atoms with van der Waals surface area (Å²) in [5.41, 5.74) is 7.77. The van der Waals surface area contributed by atoms with Crippen LogP contribution < -0.4 is 11.2 Å². The molecule has 0 spiro atoms. The number of urea groups is 1. The second kappa shape index (κ2) is 4.40. The summed E-state index contributed by atoms with van der Waals surface area (Å²) in [6, 6.07) is -0.385. The molecule has 6 heteroatoms. The number of carbonyl (C=O) groups excluding carboxylic acids is 1. The van der Waals surface area contributed by atoms with Crippen molar-refractivity contribution in [2.24, 2.45) is 10.8 Å². The lowest BCUT2D eigenvalue weighted by molar-refractivity contribution is 0.249. The van der Waals surface area contributed by atoms with Gasteiger partial charge in [0.05, 0.1) is 24.4 Å². The van der Waals surface area contributed by atoms with E-state index >= 15 is 0 Å². The van der Waals surface area contributed by atoms with Gasteiger partial charge in [-0.15, -0.1) is 0 Å². The first-order valence-corrected chi connectivity index (χ1v) is 4.21. The van der Waals surface area contributed by atoms with Crippen LogP contribution in [0.3, 0.4) is 0 Å². The van der Waals surface area contributed by atoms with Crippen LogP contribution in [0.1, 0.15) is 25.6 Å². The molecule has 0 atom stereocenters. The van der Waals surface area contributed by atoms with Gasteiger partial charge in [0.25, 0.3) is 0 Å². The fraction of sp³-hybridized carbons (Fsp3) is 0.375. The maximum absolute atomic E-state index is 10.3. The van der Waals surface area contributed by atoms with Gasteiger partial charge in [-0.05, 0) is 13.8 Å². The average Bonchev–Trinajstić information content (AvgIpc) is 2.51. The quantitative estimate of drug-likeness (QED) is 0.542. The highest BCUT2D eigenvalue weighted by Gasteiger charge is 2.01. The van der Waals surface area contributed by atoms with Gasteiger partial charge in [0, 0.05) is 6.04 Å². The first-order valence-electron chi connectivity index (χ1n) is 4.21. The second-order valence-electron chi connectivity index (χ2n) is 3.05. The summed E-state index contributed by atoms with van der Waals surface area (Å²) >= 11 is 0. The predicted molar refractivity (Wildman–Crippen MR) is 52.9 cm³/mol. The molecule has 14 heavy (non-hydrogen) atoms. The summed E-state index contributed by atoms with van der Waals surface area (Å²) < 4.78 is 1.92. The van der Waals surface area contributed by atoms with E-state index in [4.69, 9.17) is 5.73 Å². The van der Waals surface area contributed by atoms with Gasteiger partial charge in [-0.25, -0.2) is 15.2 Å². The highest BCUT2D eigenvalue weighted by molar-refractivity contribution is 5.79. The van der Waals surface area contributed by atoms with Crippen LogP contribution in [0.25, 0.3) is 0 Å². The highest BCUT2D eigenvalue weighted by Crippen LogP contribution is 2.06. The van der Waals surface area contributed by atoms with Crippen LogP contribution in [-0.4, -0.2) is 21.8 Å². The molecule has 2 amide bonds. The number of rotatable bonds is 3. The number of carbonyl (C=O) groups is 1. The molecular formula is C8H13N5O. The number of nitrogens with two attached hydrogens (primary N) is 1. The van der Waals surface area contributed by atoms with E-state index in [1.165, 1.54) is 6.21 Å². The minimum absolute atomic E-state index is 0.299. The molecule has 0 aromatic carbocycles. The molecule has 0 bridgehead atoms. The van der Waals surface area contributed by atoms with Crippen LogP contribution in [0.5, 0.6) is 0 Å². The van der Waals surface area contributed by atoms with Gasteiger partial charge in [0.2, 0.25) is 0 Å². The minimum Gasteiger partial charge on any atom is -0.350 e. The van der Waals surface area contributed by atoms with Crippen molar-refractivity contribution in [1.29, 1.82) is 0 Å². The Kier molecular flexibility index (Phi) is 3.22. The Balaban J connectivity index is 2.71. The van der Waals surface area contributed by atoms with Crippen LogP contribution in [0.2, 0.25) is 0 Å². The van der Waals surface area contributed by atoms with Gasteiger partial charge in [-0.1, -0.05) is 0 Å². The molecule has 1 aromatic rings. The summed E-state index contributed by atoms with van der Waals surface area (Å²) in [4.78, 5) is 14.3. The molecule has 1 aromatic heterocycles. The second-order valence-corrected chi connectivity index (χ2v) is 3.05. The van der Waals surface area contributed by atoms with Crippen LogP contribution in [-0.2, 0) is 0 Å². The van der Waals surface area contributed by atoms with Gasteiger partial charge >= 0.3 is 6.03 Å². The first-order chi connectivity index (χ1) is 6.61. The molecule has 0 radical (unpaired) electrons. The third-order valence-electron chi connectivity index (χ3n) is 1.62. The van der Waals surface area contributed by atoms with Crippen molar-refractivity contribution in [3.8, 4) is 0 Å².